The molecule has 49 heavy (non-hydrogen) atoms. The fourth-order valence-electron chi connectivity index (χ4n) is 6.47. The van der Waals surface area contributed by atoms with Crippen LogP contribution in [0.15, 0.2) is 79.6 Å². The third kappa shape index (κ3) is 7.74. The first-order valence-corrected chi connectivity index (χ1v) is 16.0. The molecular formula is C37H36F3N7O2. The number of carbonyl (C=O) groups is 1. The van der Waals surface area contributed by atoms with Crippen LogP contribution < -0.4 is 10.6 Å². The number of anilines is 2. The normalized spacial score (nSPS) is 14.9. The molecule has 0 aliphatic carbocycles. The number of aryl methyl sites for hydroxylation is 1. The maximum atomic E-state index is 13.0. The van der Waals surface area contributed by atoms with E-state index in [4.69, 9.17) is 0 Å². The molecular weight excluding hydrogens is 631 g/mol. The van der Waals surface area contributed by atoms with E-state index in [2.05, 4.69) is 51.1 Å². The van der Waals surface area contributed by atoms with Gasteiger partial charge in [-0.25, -0.2) is 9.97 Å². The summed E-state index contributed by atoms with van der Waals surface area (Å²) in [6.45, 7) is 8.07. The highest BCUT2D eigenvalue weighted by Gasteiger charge is 2.28. The number of carbonyl (C=O) groups excluding carboxylic acids is 1. The fraction of sp³-hybridized carbons (Fsp3) is 0.297. The predicted octanol–water partition coefficient (Wildman–Crippen LogP) is 6.80. The number of aliphatic hydroxyl groups is 1. The van der Waals surface area contributed by atoms with E-state index < -0.39 is 18.7 Å². The lowest BCUT2D eigenvalue weighted by Gasteiger charge is -2.33. The average Bonchev–Trinajstić information content (AvgIpc) is 3.44. The minimum atomic E-state index is -4.29. The van der Waals surface area contributed by atoms with E-state index in [1.54, 1.807) is 30.3 Å². The molecule has 1 fully saturated rings. The second kappa shape index (κ2) is 14.1. The lowest BCUT2D eigenvalue weighted by atomic mass is 10.0. The first-order chi connectivity index (χ1) is 23.5. The number of halogens is 3. The SMILES string of the molecule is C=CC(=O)Nc1ccc(C(O)Cn2c(C#N)cc3c(C)c(CN4CCC(Nc5ncnc6ccc(CC(F)(F)F)cc56)CC4)ccc32)cc1. The summed E-state index contributed by atoms with van der Waals surface area (Å²) < 4.78 is 40.9. The Balaban J connectivity index is 1.11. The van der Waals surface area contributed by atoms with Gasteiger partial charge < -0.3 is 20.3 Å². The highest BCUT2D eigenvalue weighted by molar-refractivity contribution is 5.98. The molecule has 3 N–H and O–H groups in total. The van der Waals surface area contributed by atoms with E-state index >= 15 is 0 Å². The van der Waals surface area contributed by atoms with Gasteiger partial charge in [-0.2, -0.15) is 18.4 Å². The summed E-state index contributed by atoms with van der Waals surface area (Å²) in [6, 6.07) is 19.8. The number of likely N-dealkylation sites (tertiary alicyclic amines) is 1. The number of fused-ring (bicyclic) bond motifs is 2. The molecule has 2 aromatic heterocycles. The molecule has 1 unspecified atom stereocenters. The van der Waals surface area contributed by atoms with Crippen LogP contribution in [-0.4, -0.2) is 55.8 Å². The highest BCUT2D eigenvalue weighted by Crippen LogP contribution is 2.31. The summed E-state index contributed by atoms with van der Waals surface area (Å²) in [6.07, 6.45) is -1.87. The van der Waals surface area contributed by atoms with E-state index in [0.29, 0.717) is 33.7 Å². The number of nitrogens with zero attached hydrogens (tertiary/aromatic N) is 5. The van der Waals surface area contributed by atoms with Gasteiger partial charge >= 0.3 is 6.18 Å². The summed E-state index contributed by atoms with van der Waals surface area (Å²) in [7, 11) is 0. The van der Waals surface area contributed by atoms with Crippen molar-refractivity contribution in [1.82, 2.24) is 19.4 Å². The molecule has 252 valence electrons. The second-order valence-corrected chi connectivity index (χ2v) is 12.4. The van der Waals surface area contributed by atoms with Crippen LogP contribution in [0.1, 0.15) is 46.9 Å². The Morgan fingerprint density at radius 1 is 1.10 bits per heavy atom. The Labute approximate surface area is 281 Å². The molecule has 1 amide bonds. The minimum Gasteiger partial charge on any atom is -0.387 e. The van der Waals surface area contributed by atoms with Crippen LogP contribution in [0.2, 0.25) is 0 Å². The molecule has 1 aliphatic rings. The Morgan fingerprint density at radius 2 is 1.86 bits per heavy atom. The second-order valence-electron chi connectivity index (χ2n) is 12.4. The average molecular weight is 668 g/mol. The van der Waals surface area contributed by atoms with Crippen molar-refractivity contribution in [3.63, 3.8) is 0 Å². The quantitative estimate of drug-likeness (QED) is 0.140. The van der Waals surface area contributed by atoms with Gasteiger partial charge in [-0.1, -0.05) is 30.8 Å². The van der Waals surface area contributed by atoms with Crippen LogP contribution in [-0.2, 0) is 24.3 Å². The molecule has 3 aromatic carbocycles. The number of nitriles is 1. The standard InChI is InChI=1S/C37H36F3N7O2/c1-3-35(49)44-27-8-5-25(6-9-27)34(48)21-47-29(19-41)17-30-23(2)26(7-11-33(30)47)20-46-14-12-28(13-15-46)45-36-31-16-24(18-37(38,39)40)4-10-32(31)42-22-43-36/h3-11,16-17,22,28,34,48H,1,12-15,18,20-21H2,2H3,(H,44,49)(H,42,43,45). The van der Waals surface area contributed by atoms with Gasteiger partial charge in [0.1, 0.15) is 23.9 Å². The van der Waals surface area contributed by atoms with Gasteiger partial charge in [0.15, 0.2) is 0 Å². The lowest BCUT2D eigenvalue weighted by Crippen LogP contribution is -2.39. The van der Waals surface area contributed by atoms with Crippen molar-refractivity contribution in [3.8, 4) is 6.07 Å². The van der Waals surface area contributed by atoms with Crippen molar-refractivity contribution in [2.75, 3.05) is 23.7 Å². The smallest absolute Gasteiger partial charge is 0.387 e. The molecule has 0 radical (unpaired) electrons. The Bertz CT molecular complexity index is 2040. The van der Waals surface area contributed by atoms with Crippen LogP contribution >= 0.6 is 0 Å². The number of aromatic nitrogens is 3. The maximum absolute atomic E-state index is 13.0. The first-order valence-electron chi connectivity index (χ1n) is 16.0. The summed E-state index contributed by atoms with van der Waals surface area (Å²) in [5.74, 6) is 0.228. The monoisotopic (exact) mass is 667 g/mol. The van der Waals surface area contributed by atoms with E-state index in [0.717, 1.165) is 54.5 Å². The molecule has 1 aliphatic heterocycles. The molecule has 1 atom stereocenters. The van der Waals surface area contributed by atoms with E-state index in [-0.39, 0.29) is 24.1 Å². The van der Waals surface area contributed by atoms with Gasteiger partial charge in [-0.3, -0.25) is 9.69 Å². The number of benzene rings is 3. The summed E-state index contributed by atoms with van der Waals surface area (Å²) in [4.78, 5) is 22.5. The van der Waals surface area contributed by atoms with Crippen LogP contribution in [0.3, 0.4) is 0 Å². The third-order valence-electron chi connectivity index (χ3n) is 9.11. The van der Waals surface area contributed by atoms with Gasteiger partial charge in [-0.15, -0.1) is 0 Å². The fourth-order valence-corrected chi connectivity index (χ4v) is 6.47. The Morgan fingerprint density at radius 3 is 2.55 bits per heavy atom. The van der Waals surface area contributed by atoms with Gasteiger partial charge in [-0.05, 0) is 84.5 Å². The molecule has 3 heterocycles. The van der Waals surface area contributed by atoms with E-state index in [1.165, 1.54) is 24.5 Å². The largest absolute Gasteiger partial charge is 0.393 e. The number of amides is 1. The molecule has 5 aromatic rings. The first kappa shape index (κ1) is 33.6. The number of piperidine rings is 1. The minimum absolute atomic E-state index is 0.116. The van der Waals surface area contributed by atoms with E-state index in [1.807, 2.05) is 16.7 Å². The van der Waals surface area contributed by atoms with Crippen LogP contribution in [0.25, 0.3) is 21.8 Å². The van der Waals surface area contributed by atoms with Crippen molar-refractivity contribution < 1.29 is 23.1 Å². The van der Waals surface area contributed by atoms with Gasteiger partial charge in [0.25, 0.3) is 0 Å². The summed E-state index contributed by atoms with van der Waals surface area (Å²) in [5.41, 5.74) is 5.57. The Kier molecular flexibility index (Phi) is 9.67. The van der Waals surface area contributed by atoms with Crippen LogP contribution in [0, 0.1) is 18.3 Å². The highest BCUT2D eigenvalue weighted by atomic mass is 19.4. The number of alkyl halides is 3. The van der Waals surface area contributed by atoms with Crippen LogP contribution in [0.5, 0.6) is 0 Å². The molecule has 9 nitrogen and oxygen atoms in total. The van der Waals surface area contributed by atoms with Gasteiger partial charge in [0.2, 0.25) is 5.91 Å². The van der Waals surface area contributed by atoms with E-state index in [9.17, 15) is 28.3 Å². The van der Waals surface area contributed by atoms with Gasteiger partial charge in [0, 0.05) is 47.7 Å². The van der Waals surface area contributed by atoms with Crippen molar-refractivity contribution in [2.24, 2.45) is 0 Å². The van der Waals surface area contributed by atoms with Crippen molar-refractivity contribution in [3.05, 3.63) is 108 Å². The topological polar surface area (TPSA) is 119 Å². The molecule has 12 heteroatoms. The molecule has 0 spiro atoms. The number of hydrogen-bond acceptors (Lipinski definition) is 7. The van der Waals surface area contributed by atoms with Crippen molar-refractivity contribution >= 4 is 39.2 Å². The third-order valence-corrected chi connectivity index (χ3v) is 9.11. The Hall–Kier alpha value is -5.25. The zero-order chi connectivity index (χ0) is 34.7. The number of hydrogen-bond donors (Lipinski definition) is 3. The zero-order valence-electron chi connectivity index (χ0n) is 27.0. The molecule has 6 rings (SSSR count). The van der Waals surface area contributed by atoms with Crippen molar-refractivity contribution in [1.29, 1.82) is 5.26 Å². The van der Waals surface area contributed by atoms with Crippen molar-refractivity contribution in [2.45, 2.75) is 57.6 Å². The number of rotatable bonds is 10. The lowest BCUT2D eigenvalue weighted by molar-refractivity contribution is -0.127. The zero-order valence-corrected chi connectivity index (χ0v) is 27.0. The van der Waals surface area contributed by atoms with Crippen LogP contribution in [0.4, 0.5) is 24.7 Å². The summed E-state index contributed by atoms with van der Waals surface area (Å²) >= 11 is 0. The number of aliphatic hydroxyl groups excluding tert-OH is 1. The molecule has 1 saturated heterocycles. The molecule has 0 bridgehead atoms. The maximum Gasteiger partial charge on any atom is 0.393 e. The van der Waals surface area contributed by atoms with Gasteiger partial charge in [0.05, 0.1) is 24.6 Å². The summed E-state index contributed by atoms with van der Waals surface area (Å²) in [5, 5.41) is 28.7. The predicted molar refractivity (Wildman–Crippen MR) is 183 cm³/mol. The number of nitrogens with one attached hydrogen (secondary N) is 2. The molecule has 0 saturated carbocycles.